The van der Waals surface area contributed by atoms with E-state index in [4.69, 9.17) is 18.7 Å². The number of benzene rings is 2. The van der Waals surface area contributed by atoms with E-state index in [2.05, 4.69) is 15.5 Å². The Morgan fingerprint density at radius 1 is 1.15 bits per heavy atom. The van der Waals surface area contributed by atoms with Gasteiger partial charge < -0.3 is 24.1 Å². The van der Waals surface area contributed by atoms with Crippen molar-refractivity contribution in [3.8, 4) is 11.5 Å². The zero-order valence-corrected chi connectivity index (χ0v) is 19.5. The molecule has 0 unspecified atom stereocenters. The largest absolute Gasteiger partial charge is 0.495 e. The Balaban J connectivity index is 1.45. The quantitative estimate of drug-likeness (QED) is 0.507. The Bertz CT molecular complexity index is 1250. The van der Waals surface area contributed by atoms with Crippen LogP contribution in [0.4, 0.5) is 5.69 Å². The van der Waals surface area contributed by atoms with E-state index in [1.54, 1.807) is 37.3 Å². The fourth-order valence-corrected chi connectivity index (χ4v) is 4.93. The number of aryl methyl sites for hydroxylation is 1. The van der Waals surface area contributed by atoms with Crippen molar-refractivity contribution in [2.24, 2.45) is 0 Å². The average molecular weight is 489 g/mol. The van der Waals surface area contributed by atoms with Gasteiger partial charge in [0, 0.05) is 31.3 Å². The first kappa shape index (κ1) is 23.7. The number of hydrogen-bond donors (Lipinski definition) is 1. The van der Waals surface area contributed by atoms with Gasteiger partial charge in [0.25, 0.3) is 5.91 Å². The monoisotopic (exact) mass is 488 g/mol. The fourth-order valence-electron chi connectivity index (χ4n) is 3.34. The number of amides is 1. The summed E-state index contributed by atoms with van der Waals surface area (Å²) in [6, 6.07) is 11.0. The Morgan fingerprint density at radius 2 is 1.88 bits per heavy atom. The minimum atomic E-state index is -3.82. The number of nitrogens with one attached hydrogen (secondary N) is 1. The van der Waals surface area contributed by atoms with Crippen molar-refractivity contribution in [3.63, 3.8) is 0 Å². The lowest BCUT2D eigenvalue weighted by Gasteiger charge is -2.26. The summed E-state index contributed by atoms with van der Waals surface area (Å²) < 4.78 is 48.6. The maximum absolute atomic E-state index is 13.1. The summed E-state index contributed by atoms with van der Waals surface area (Å²) in [5, 5.41) is 6.48. The molecule has 1 amide bonds. The van der Waals surface area contributed by atoms with Crippen molar-refractivity contribution in [2.75, 3.05) is 38.7 Å². The Kier molecular flexibility index (Phi) is 7.10. The zero-order chi connectivity index (χ0) is 24.1. The van der Waals surface area contributed by atoms with Gasteiger partial charge in [-0.2, -0.15) is 9.29 Å². The smallest absolute Gasteiger partial charge is 0.255 e. The van der Waals surface area contributed by atoms with Crippen molar-refractivity contribution in [3.05, 3.63) is 59.7 Å². The van der Waals surface area contributed by atoms with Crippen LogP contribution in [0.1, 0.15) is 22.1 Å². The van der Waals surface area contributed by atoms with Gasteiger partial charge >= 0.3 is 0 Å². The molecule has 3 aromatic rings. The van der Waals surface area contributed by atoms with Gasteiger partial charge in [-0.1, -0.05) is 5.16 Å². The Hall–Kier alpha value is -3.48. The number of carbonyl (C=O) groups excluding carboxylic acids is 1. The number of sulfonamides is 1. The third-order valence-corrected chi connectivity index (χ3v) is 6.98. The maximum atomic E-state index is 13.1. The summed E-state index contributed by atoms with van der Waals surface area (Å²) in [6.45, 7) is 2.98. The molecule has 1 aliphatic rings. The topological polar surface area (TPSA) is 133 Å². The SMILES string of the molecule is COc1ccc(NC(=O)c2ccc(OCc3noc(C)n3)cc2)cc1S(=O)(=O)N1CCOCC1. The highest BCUT2D eigenvalue weighted by Gasteiger charge is 2.29. The molecule has 1 aromatic heterocycles. The van der Waals surface area contributed by atoms with E-state index in [0.29, 0.717) is 41.9 Å². The molecule has 2 heterocycles. The Labute approximate surface area is 196 Å². The second-order valence-corrected chi connectivity index (χ2v) is 9.29. The number of anilines is 1. The molecule has 34 heavy (non-hydrogen) atoms. The molecule has 1 saturated heterocycles. The van der Waals surface area contributed by atoms with Crippen molar-refractivity contribution in [1.29, 1.82) is 0 Å². The van der Waals surface area contributed by atoms with Gasteiger partial charge in [0.05, 0.1) is 20.3 Å². The summed E-state index contributed by atoms with van der Waals surface area (Å²) in [4.78, 5) is 16.8. The van der Waals surface area contributed by atoms with E-state index >= 15 is 0 Å². The molecule has 0 radical (unpaired) electrons. The minimum absolute atomic E-state index is 0.0184. The Morgan fingerprint density at radius 3 is 2.53 bits per heavy atom. The molecule has 0 saturated carbocycles. The van der Waals surface area contributed by atoms with Gasteiger partial charge in [0.15, 0.2) is 6.61 Å². The van der Waals surface area contributed by atoms with Crippen LogP contribution in [0.5, 0.6) is 11.5 Å². The molecule has 0 spiro atoms. The molecular formula is C22H24N4O7S. The highest BCUT2D eigenvalue weighted by Crippen LogP contribution is 2.30. The lowest BCUT2D eigenvalue weighted by molar-refractivity contribution is 0.0729. The average Bonchev–Trinajstić information content (AvgIpc) is 3.28. The summed E-state index contributed by atoms with van der Waals surface area (Å²) >= 11 is 0. The van der Waals surface area contributed by atoms with Crippen LogP contribution in [0, 0.1) is 6.92 Å². The van der Waals surface area contributed by atoms with E-state index in [1.165, 1.54) is 23.5 Å². The van der Waals surface area contributed by atoms with Crippen molar-refractivity contribution >= 4 is 21.6 Å². The summed E-state index contributed by atoms with van der Waals surface area (Å²) in [5.41, 5.74) is 0.696. The second-order valence-electron chi connectivity index (χ2n) is 7.38. The summed E-state index contributed by atoms with van der Waals surface area (Å²) in [7, 11) is -2.42. The molecule has 0 atom stereocenters. The van der Waals surface area contributed by atoms with Gasteiger partial charge in [0.2, 0.25) is 21.7 Å². The van der Waals surface area contributed by atoms with Crippen LogP contribution in [0.3, 0.4) is 0 Å². The van der Waals surface area contributed by atoms with Gasteiger partial charge in [-0.15, -0.1) is 0 Å². The first-order valence-electron chi connectivity index (χ1n) is 10.5. The van der Waals surface area contributed by atoms with E-state index in [9.17, 15) is 13.2 Å². The van der Waals surface area contributed by atoms with E-state index in [-0.39, 0.29) is 30.3 Å². The molecular weight excluding hydrogens is 464 g/mol. The third-order valence-electron chi connectivity index (χ3n) is 5.06. The van der Waals surface area contributed by atoms with E-state index in [1.807, 2.05) is 0 Å². The van der Waals surface area contributed by atoms with E-state index < -0.39 is 15.9 Å². The highest BCUT2D eigenvalue weighted by atomic mass is 32.2. The molecule has 0 aliphatic carbocycles. The minimum Gasteiger partial charge on any atom is -0.495 e. The molecule has 0 bridgehead atoms. The lowest BCUT2D eigenvalue weighted by Crippen LogP contribution is -2.40. The van der Waals surface area contributed by atoms with Gasteiger partial charge in [-0.25, -0.2) is 8.42 Å². The van der Waals surface area contributed by atoms with Crippen molar-refractivity contribution in [1.82, 2.24) is 14.4 Å². The number of hydrogen-bond acceptors (Lipinski definition) is 9. The van der Waals surface area contributed by atoms with Crippen LogP contribution in [0.15, 0.2) is 51.9 Å². The molecule has 4 rings (SSSR count). The number of nitrogens with zero attached hydrogens (tertiary/aromatic N) is 3. The van der Waals surface area contributed by atoms with Crippen LogP contribution >= 0.6 is 0 Å². The standard InChI is InChI=1S/C22H24N4O7S/c1-15-23-21(25-33-15)14-32-18-6-3-16(4-7-18)22(27)24-17-5-8-19(30-2)20(13-17)34(28,29)26-9-11-31-12-10-26/h3-8,13H,9-12,14H2,1-2H3,(H,24,27). The molecule has 11 nitrogen and oxygen atoms in total. The normalized spacial score (nSPS) is 14.5. The number of methoxy groups -OCH3 is 1. The van der Waals surface area contributed by atoms with Crippen LogP contribution in [0.2, 0.25) is 0 Å². The van der Waals surface area contributed by atoms with Crippen molar-refractivity contribution < 1.29 is 31.9 Å². The molecule has 1 aliphatic heterocycles. The number of rotatable bonds is 8. The number of carbonyl (C=O) groups is 1. The third kappa shape index (κ3) is 5.35. The maximum Gasteiger partial charge on any atom is 0.255 e. The molecule has 1 N–H and O–H groups in total. The lowest BCUT2D eigenvalue weighted by atomic mass is 10.2. The molecule has 12 heteroatoms. The van der Waals surface area contributed by atoms with Crippen LogP contribution in [0.25, 0.3) is 0 Å². The van der Waals surface area contributed by atoms with Crippen molar-refractivity contribution in [2.45, 2.75) is 18.4 Å². The predicted octanol–water partition coefficient (Wildman–Crippen LogP) is 2.24. The predicted molar refractivity (Wildman–Crippen MR) is 120 cm³/mol. The number of morpholine rings is 1. The van der Waals surface area contributed by atoms with Crippen LogP contribution < -0.4 is 14.8 Å². The zero-order valence-electron chi connectivity index (χ0n) is 18.7. The van der Waals surface area contributed by atoms with Gasteiger partial charge in [0.1, 0.15) is 16.4 Å². The first-order chi connectivity index (χ1) is 16.4. The van der Waals surface area contributed by atoms with Crippen LogP contribution in [-0.4, -0.2) is 62.2 Å². The summed E-state index contributed by atoms with van der Waals surface area (Å²) in [5.74, 6) is 1.19. The van der Waals surface area contributed by atoms with E-state index in [0.717, 1.165) is 0 Å². The molecule has 1 fully saturated rings. The number of ether oxygens (including phenoxy) is 3. The highest BCUT2D eigenvalue weighted by molar-refractivity contribution is 7.89. The summed E-state index contributed by atoms with van der Waals surface area (Å²) in [6.07, 6.45) is 0. The number of aromatic nitrogens is 2. The van der Waals surface area contributed by atoms with Gasteiger partial charge in [-0.3, -0.25) is 4.79 Å². The molecule has 180 valence electrons. The second kappa shape index (κ2) is 10.2. The van der Waals surface area contributed by atoms with Crippen LogP contribution in [-0.2, 0) is 21.4 Å². The fraction of sp³-hybridized carbons (Fsp3) is 0.318. The van der Waals surface area contributed by atoms with Gasteiger partial charge in [-0.05, 0) is 42.5 Å². The first-order valence-corrected chi connectivity index (χ1v) is 11.9. The molecule has 2 aromatic carbocycles.